The fraction of sp³-hybridized carbons (Fsp3) is 0.167. The Hall–Kier alpha value is -2.65. The second-order valence-corrected chi connectivity index (χ2v) is 6.79. The lowest BCUT2D eigenvalue weighted by Gasteiger charge is -2.08. The molecule has 1 aromatic heterocycles. The highest BCUT2D eigenvalue weighted by Crippen LogP contribution is 2.33. The predicted octanol–water partition coefficient (Wildman–Crippen LogP) is 4.23. The van der Waals surface area contributed by atoms with Crippen molar-refractivity contribution in [1.82, 2.24) is 9.78 Å². The molecule has 2 N–H and O–H groups in total. The van der Waals surface area contributed by atoms with Crippen molar-refractivity contribution >= 4 is 10.0 Å². The molecule has 0 aliphatic heterocycles. The van der Waals surface area contributed by atoms with Crippen LogP contribution in [0, 0.1) is 0 Å². The summed E-state index contributed by atoms with van der Waals surface area (Å²) in [6.07, 6.45) is -4.60. The number of primary sulfonamides is 1. The van der Waals surface area contributed by atoms with Crippen molar-refractivity contribution in [3.63, 3.8) is 0 Å². The second-order valence-electron chi connectivity index (χ2n) is 5.23. The average molecular weight is 397 g/mol. The maximum absolute atomic E-state index is 13.1. The van der Waals surface area contributed by atoms with Gasteiger partial charge in [-0.05, 0) is 30.3 Å². The molecular formula is C18H18F3N3O2S. The number of sulfonamides is 1. The SMILES string of the molecule is CC.NS(=O)(=O)c1ccc(-n2nc(C(F)(F)F)cc2-c2ccccc2)cc1. The zero-order chi connectivity index (χ0) is 20.2. The molecule has 1 heterocycles. The van der Waals surface area contributed by atoms with Crippen molar-refractivity contribution in [3.05, 3.63) is 66.4 Å². The molecule has 0 unspecified atom stereocenters. The van der Waals surface area contributed by atoms with Gasteiger partial charge in [0, 0.05) is 5.56 Å². The van der Waals surface area contributed by atoms with E-state index in [1.807, 2.05) is 13.8 Å². The molecule has 0 spiro atoms. The van der Waals surface area contributed by atoms with Gasteiger partial charge in [0.2, 0.25) is 10.0 Å². The number of nitrogens with two attached hydrogens (primary N) is 1. The Kier molecular flexibility index (Phi) is 6.07. The van der Waals surface area contributed by atoms with Crippen LogP contribution in [0.5, 0.6) is 0 Å². The largest absolute Gasteiger partial charge is 0.435 e. The first-order valence-electron chi connectivity index (χ1n) is 8.02. The highest BCUT2D eigenvalue weighted by Gasteiger charge is 2.35. The van der Waals surface area contributed by atoms with Gasteiger partial charge in [-0.3, -0.25) is 0 Å². The Bertz CT molecular complexity index is 997. The average Bonchev–Trinajstić information content (AvgIpc) is 3.09. The molecule has 0 radical (unpaired) electrons. The highest BCUT2D eigenvalue weighted by atomic mass is 32.2. The van der Waals surface area contributed by atoms with E-state index in [0.29, 0.717) is 5.56 Å². The number of benzene rings is 2. The standard InChI is InChI=1S/C16H12F3N3O2S.C2H6/c17-16(18,19)15-10-14(11-4-2-1-3-5-11)22(21-15)12-6-8-13(9-7-12)25(20,23)24;1-2/h1-10H,(H2,20,23,24);1-2H3. The minimum Gasteiger partial charge on any atom is -0.233 e. The summed E-state index contributed by atoms with van der Waals surface area (Å²) in [5, 5.41) is 8.66. The molecule has 0 bridgehead atoms. The summed E-state index contributed by atoms with van der Waals surface area (Å²) >= 11 is 0. The molecule has 0 amide bonds. The smallest absolute Gasteiger partial charge is 0.233 e. The molecular weight excluding hydrogens is 379 g/mol. The number of rotatable bonds is 3. The van der Waals surface area contributed by atoms with Gasteiger partial charge in [-0.1, -0.05) is 44.2 Å². The molecule has 5 nitrogen and oxygen atoms in total. The number of hydrogen-bond acceptors (Lipinski definition) is 3. The number of aromatic nitrogens is 2. The molecule has 0 fully saturated rings. The first-order chi connectivity index (χ1) is 12.7. The topological polar surface area (TPSA) is 78.0 Å². The summed E-state index contributed by atoms with van der Waals surface area (Å²) < 4.78 is 62.9. The zero-order valence-corrected chi connectivity index (χ0v) is 15.4. The lowest BCUT2D eigenvalue weighted by molar-refractivity contribution is -0.141. The van der Waals surface area contributed by atoms with Gasteiger partial charge in [-0.15, -0.1) is 0 Å². The van der Waals surface area contributed by atoms with Crippen LogP contribution in [0.15, 0.2) is 65.6 Å². The molecule has 144 valence electrons. The van der Waals surface area contributed by atoms with Crippen LogP contribution in [0.2, 0.25) is 0 Å². The maximum atomic E-state index is 13.1. The van der Waals surface area contributed by atoms with Crippen LogP contribution in [-0.2, 0) is 16.2 Å². The van der Waals surface area contributed by atoms with Gasteiger partial charge in [0.05, 0.1) is 16.3 Å². The fourth-order valence-electron chi connectivity index (χ4n) is 2.31. The summed E-state index contributed by atoms with van der Waals surface area (Å²) in [6.45, 7) is 4.00. The molecule has 0 atom stereocenters. The van der Waals surface area contributed by atoms with E-state index in [-0.39, 0.29) is 16.3 Å². The predicted molar refractivity (Wildman–Crippen MR) is 96.7 cm³/mol. The van der Waals surface area contributed by atoms with E-state index < -0.39 is 21.9 Å². The van der Waals surface area contributed by atoms with Gasteiger partial charge in [0.15, 0.2) is 5.69 Å². The molecule has 0 saturated carbocycles. The minimum atomic E-state index is -4.60. The Morgan fingerprint density at radius 2 is 1.52 bits per heavy atom. The Morgan fingerprint density at radius 3 is 2.00 bits per heavy atom. The molecule has 3 rings (SSSR count). The maximum Gasteiger partial charge on any atom is 0.435 e. The van der Waals surface area contributed by atoms with Crippen LogP contribution >= 0.6 is 0 Å². The minimum absolute atomic E-state index is 0.138. The number of alkyl halides is 3. The Labute approximate surface area is 155 Å². The van der Waals surface area contributed by atoms with Crippen molar-refractivity contribution in [2.75, 3.05) is 0 Å². The third kappa shape index (κ3) is 4.75. The fourth-order valence-corrected chi connectivity index (χ4v) is 2.82. The molecule has 3 aromatic rings. The van der Waals surface area contributed by atoms with Gasteiger partial charge in [0.1, 0.15) is 0 Å². The summed E-state index contributed by atoms with van der Waals surface area (Å²) in [6, 6.07) is 14.5. The number of nitrogens with zero attached hydrogens (tertiary/aromatic N) is 2. The Morgan fingerprint density at radius 1 is 0.963 bits per heavy atom. The van der Waals surface area contributed by atoms with Crippen LogP contribution in [0.25, 0.3) is 16.9 Å². The molecule has 0 aliphatic rings. The van der Waals surface area contributed by atoms with Crippen molar-refractivity contribution in [3.8, 4) is 16.9 Å². The second kappa shape index (κ2) is 7.93. The molecule has 9 heteroatoms. The number of halogens is 3. The quantitative estimate of drug-likeness (QED) is 0.718. The monoisotopic (exact) mass is 397 g/mol. The molecule has 0 saturated heterocycles. The van der Waals surface area contributed by atoms with Crippen LogP contribution in [-0.4, -0.2) is 18.2 Å². The van der Waals surface area contributed by atoms with Crippen molar-refractivity contribution in [1.29, 1.82) is 0 Å². The summed E-state index contributed by atoms with van der Waals surface area (Å²) in [4.78, 5) is -0.138. The summed E-state index contributed by atoms with van der Waals surface area (Å²) in [5.74, 6) is 0. The van der Waals surface area contributed by atoms with E-state index in [1.165, 1.54) is 24.3 Å². The van der Waals surface area contributed by atoms with Crippen LogP contribution in [0.4, 0.5) is 13.2 Å². The van der Waals surface area contributed by atoms with E-state index in [4.69, 9.17) is 5.14 Å². The van der Waals surface area contributed by atoms with E-state index in [0.717, 1.165) is 10.7 Å². The van der Waals surface area contributed by atoms with Crippen LogP contribution in [0.1, 0.15) is 19.5 Å². The van der Waals surface area contributed by atoms with Crippen molar-refractivity contribution < 1.29 is 21.6 Å². The lowest BCUT2D eigenvalue weighted by Crippen LogP contribution is -2.12. The molecule has 0 aliphatic carbocycles. The first-order valence-corrected chi connectivity index (χ1v) is 9.57. The third-order valence-corrected chi connectivity index (χ3v) is 4.41. The molecule has 27 heavy (non-hydrogen) atoms. The van der Waals surface area contributed by atoms with E-state index in [1.54, 1.807) is 30.3 Å². The van der Waals surface area contributed by atoms with Gasteiger partial charge in [-0.2, -0.15) is 18.3 Å². The van der Waals surface area contributed by atoms with E-state index in [9.17, 15) is 21.6 Å². The highest BCUT2D eigenvalue weighted by molar-refractivity contribution is 7.89. The lowest BCUT2D eigenvalue weighted by atomic mass is 10.1. The normalized spacial score (nSPS) is 11.6. The van der Waals surface area contributed by atoms with E-state index >= 15 is 0 Å². The van der Waals surface area contributed by atoms with Crippen LogP contribution < -0.4 is 5.14 Å². The Balaban J connectivity index is 0.00000126. The van der Waals surface area contributed by atoms with Gasteiger partial charge >= 0.3 is 6.18 Å². The van der Waals surface area contributed by atoms with Gasteiger partial charge in [-0.25, -0.2) is 18.2 Å². The third-order valence-electron chi connectivity index (χ3n) is 3.48. The zero-order valence-electron chi connectivity index (χ0n) is 14.6. The van der Waals surface area contributed by atoms with E-state index in [2.05, 4.69) is 5.10 Å². The summed E-state index contributed by atoms with van der Waals surface area (Å²) in [7, 11) is -3.89. The van der Waals surface area contributed by atoms with Crippen molar-refractivity contribution in [2.45, 2.75) is 24.9 Å². The summed E-state index contributed by atoms with van der Waals surface area (Å²) in [5.41, 5.74) is 0.0148. The first kappa shape index (κ1) is 20.7. The van der Waals surface area contributed by atoms with Gasteiger partial charge < -0.3 is 0 Å². The molecule has 2 aromatic carbocycles. The van der Waals surface area contributed by atoms with Crippen LogP contribution in [0.3, 0.4) is 0 Å². The van der Waals surface area contributed by atoms with Gasteiger partial charge in [0.25, 0.3) is 0 Å². The number of hydrogen-bond donors (Lipinski definition) is 1. The van der Waals surface area contributed by atoms with Crippen molar-refractivity contribution in [2.24, 2.45) is 5.14 Å².